The van der Waals surface area contributed by atoms with E-state index >= 15 is 0 Å². The number of benzene rings is 1. The normalized spacial score (nSPS) is 15.5. The Hall–Kier alpha value is -3.96. The van der Waals surface area contributed by atoms with Crippen molar-refractivity contribution in [2.24, 2.45) is 0 Å². The van der Waals surface area contributed by atoms with Crippen LogP contribution >= 0.6 is 11.6 Å². The van der Waals surface area contributed by atoms with Crippen LogP contribution in [0.1, 0.15) is 18.7 Å². The highest BCUT2D eigenvalue weighted by Gasteiger charge is 2.23. The van der Waals surface area contributed by atoms with E-state index in [2.05, 4.69) is 21.9 Å². The van der Waals surface area contributed by atoms with Crippen LogP contribution in [0.4, 0.5) is 5.95 Å². The standard InChI is InChI=1S/C27H30ClN7O4/c1-5-23(36)34-9-6-7-17(15-34)39-10-8-22-31-26-20(19-12-18(37-3)13-21(38-4)24(19)28)11-16-14-30-27(29-2)32-25(16)35(26)33-22/h5,11-14,17H,1,6-10,15H2,2-4H3,(H,29,30,32). The molecule has 0 saturated carbocycles. The van der Waals surface area contributed by atoms with Gasteiger partial charge in [0.2, 0.25) is 11.9 Å². The van der Waals surface area contributed by atoms with E-state index in [-0.39, 0.29) is 12.0 Å². The number of anilines is 1. The smallest absolute Gasteiger partial charge is 0.246 e. The Bertz CT molecular complexity index is 1540. The van der Waals surface area contributed by atoms with Crippen LogP contribution in [0.15, 0.2) is 37.1 Å². The molecule has 1 unspecified atom stereocenters. The monoisotopic (exact) mass is 551 g/mol. The van der Waals surface area contributed by atoms with Crippen molar-refractivity contribution in [3.05, 3.63) is 47.9 Å². The molecule has 1 aliphatic rings. The number of nitrogens with one attached hydrogen (secondary N) is 1. The third-order valence-electron chi connectivity index (χ3n) is 6.71. The highest BCUT2D eigenvalue weighted by Crippen LogP contribution is 2.41. The molecular formula is C27H30ClN7O4. The lowest BCUT2D eigenvalue weighted by atomic mass is 10.0. The van der Waals surface area contributed by atoms with Crippen molar-refractivity contribution in [3.8, 4) is 22.6 Å². The Balaban J connectivity index is 1.51. The van der Waals surface area contributed by atoms with Gasteiger partial charge in [-0.3, -0.25) is 4.79 Å². The van der Waals surface area contributed by atoms with Crippen LogP contribution in [0.25, 0.3) is 27.8 Å². The number of piperidine rings is 1. The average Bonchev–Trinajstić information content (AvgIpc) is 3.41. The van der Waals surface area contributed by atoms with Gasteiger partial charge in [0.1, 0.15) is 11.5 Å². The second kappa shape index (κ2) is 11.4. The first-order chi connectivity index (χ1) is 18.9. The summed E-state index contributed by atoms with van der Waals surface area (Å²) in [7, 11) is 4.90. The number of hydrogen-bond acceptors (Lipinski definition) is 9. The number of methoxy groups -OCH3 is 2. The van der Waals surface area contributed by atoms with Crippen LogP contribution in [0.2, 0.25) is 5.02 Å². The molecule has 0 bridgehead atoms. The molecule has 12 heteroatoms. The molecule has 1 atom stereocenters. The van der Waals surface area contributed by atoms with Crippen LogP contribution in [-0.4, -0.2) is 82.4 Å². The van der Waals surface area contributed by atoms with Gasteiger partial charge in [0, 0.05) is 55.3 Å². The molecule has 0 aliphatic carbocycles. The highest BCUT2D eigenvalue weighted by atomic mass is 35.5. The predicted octanol–water partition coefficient (Wildman–Crippen LogP) is 3.79. The Kier molecular flexibility index (Phi) is 7.80. The van der Waals surface area contributed by atoms with Crippen molar-refractivity contribution in [3.63, 3.8) is 0 Å². The number of amides is 1. The van der Waals surface area contributed by atoms with Gasteiger partial charge in [0.15, 0.2) is 17.1 Å². The van der Waals surface area contributed by atoms with Gasteiger partial charge in [-0.2, -0.15) is 9.50 Å². The fourth-order valence-corrected chi connectivity index (χ4v) is 5.02. The molecule has 3 aromatic heterocycles. The molecule has 1 fully saturated rings. The number of hydrogen-bond donors (Lipinski definition) is 1. The van der Waals surface area contributed by atoms with Crippen LogP contribution in [-0.2, 0) is 16.0 Å². The zero-order chi connectivity index (χ0) is 27.5. The van der Waals surface area contributed by atoms with Gasteiger partial charge >= 0.3 is 0 Å². The number of rotatable bonds is 9. The highest BCUT2D eigenvalue weighted by molar-refractivity contribution is 6.35. The van der Waals surface area contributed by atoms with E-state index in [0.29, 0.717) is 64.7 Å². The Morgan fingerprint density at radius 2 is 2.05 bits per heavy atom. The van der Waals surface area contributed by atoms with Gasteiger partial charge in [-0.05, 0) is 31.1 Å². The van der Waals surface area contributed by atoms with Gasteiger partial charge in [-0.1, -0.05) is 18.2 Å². The SMILES string of the molecule is C=CC(=O)N1CCCC(OCCc2nc3c(-c4cc(OC)cc(OC)c4Cl)cc4cnc(NC)nc4n3n2)C1. The number of pyridine rings is 1. The molecular weight excluding hydrogens is 522 g/mol. The number of carbonyl (C=O) groups excluding carboxylic acids is 1. The first kappa shape index (κ1) is 26.6. The van der Waals surface area contributed by atoms with E-state index in [1.54, 1.807) is 42.9 Å². The fourth-order valence-electron chi connectivity index (χ4n) is 4.73. The van der Waals surface area contributed by atoms with Crippen LogP contribution < -0.4 is 14.8 Å². The minimum absolute atomic E-state index is 0.0370. The summed E-state index contributed by atoms with van der Waals surface area (Å²) in [4.78, 5) is 27.6. The summed E-state index contributed by atoms with van der Waals surface area (Å²) in [6.07, 6.45) is 5.31. The number of nitrogens with zero attached hydrogens (tertiary/aromatic N) is 6. The van der Waals surface area contributed by atoms with E-state index in [4.69, 9.17) is 35.9 Å². The molecule has 5 rings (SSSR count). The lowest BCUT2D eigenvalue weighted by molar-refractivity contribution is -0.130. The van der Waals surface area contributed by atoms with E-state index in [9.17, 15) is 4.79 Å². The summed E-state index contributed by atoms with van der Waals surface area (Å²) in [6.45, 7) is 5.27. The topological polar surface area (TPSA) is 116 Å². The Morgan fingerprint density at radius 3 is 2.79 bits per heavy atom. The number of aromatic nitrogens is 5. The van der Waals surface area contributed by atoms with Crippen LogP contribution in [0.3, 0.4) is 0 Å². The quantitative estimate of drug-likeness (QED) is 0.310. The maximum Gasteiger partial charge on any atom is 0.246 e. The van der Waals surface area contributed by atoms with Crippen molar-refractivity contribution in [1.82, 2.24) is 29.5 Å². The van der Waals surface area contributed by atoms with Gasteiger partial charge in [-0.25, -0.2) is 9.97 Å². The van der Waals surface area contributed by atoms with Gasteiger partial charge in [0.25, 0.3) is 0 Å². The summed E-state index contributed by atoms with van der Waals surface area (Å²) < 4.78 is 18.8. The minimum Gasteiger partial charge on any atom is -0.497 e. The summed E-state index contributed by atoms with van der Waals surface area (Å²) in [5, 5.41) is 8.94. The van der Waals surface area contributed by atoms with Crippen molar-refractivity contribution < 1.29 is 19.0 Å². The second-order valence-electron chi connectivity index (χ2n) is 9.11. The fraction of sp³-hybridized carbons (Fsp3) is 0.370. The zero-order valence-electron chi connectivity index (χ0n) is 22.1. The molecule has 204 valence electrons. The van der Waals surface area contributed by atoms with Crippen molar-refractivity contribution >= 4 is 40.1 Å². The van der Waals surface area contributed by atoms with E-state index < -0.39 is 0 Å². The molecule has 1 amide bonds. The van der Waals surface area contributed by atoms with Gasteiger partial charge in [-0.15, -0.1) is 5.10 Å². The first-order valence-corrected chi connectivity index (χ1v) is 13.0. The maximum absolute atomic E-state index is 12.0. The molecule has 0 spiro atoms. The lowest BCUT2D eigenvalue weighted by Gasteiger charge is -2.31. The molecule has 4 heterocycles. The summed E-state index contributed by atoms with van der Waals surface area (Å²) >= 11 is 6.76. The molecule has 4 aromatic rings. The molecule has 39 heavy (non-hydrogen) atoms. The summed E-state index contributed by atoms with van der Waals surface area (Å²) in [5.41, 5.74) is 2.60. The van der Waals surface area contributed by atoms with E-state index in [1.807, 2.05) is 12.1 Å². The van der Waals surface area contributed by atoms with Crippen LogP contribution in [0.5, 0.6) is 11.5 Å². The third-order valence-corrected chi connectivity index (χ3v) is 7.10. The minimum atomic E-state index is -0.0690. The average molecular weight is 552 g/mol. The number of fused-ring (bicyclic) bond motifs is 3. The summed E-state index contributed by atoms with van der Waals surface area (Å²) in [5.74, 6) is 2.06. The predicted molar refractivity (Wildman–Crippen MR) is 149 cm³/mol. The molecule has 0 radical (unpaired) electrons. The third kappa shape index (κ3) is 5.32. The van der Waals surface area contributed by atoms with E-state index in [1.165, 1.54) is 6.08 Å². The van der Waals surface area contributed by atoms with Crippen LogP contribution in [0, 0.1) is 0 Å². The second-order valence-corrected chi connectivity index (χ2v) is 9.49. The molecule has 1 aromatic carbocycles. The zero-order valence-corrected chi connectivity index (χ0v) is 22.9. The van der Waals surface area contributed by atoms with Crippen molar-refractivity contribution in [2.45, 2.75) is 25.4 Å². The number of halogens is 1. The number of carbonyl (C=O) groups is 1. The van der Waals surface area contributed by atoms with Gasteiger partial charge in [0.05, 0.1) is 32.0 Å². The summed E-state index contributed by atoms with van der Waals surface area (Å²) in [6, 6.07) is 5.51. The number of likely N-dealkylation sites (tertiary alicyclic amines) is 1. The molecule has 1 N–H and O–H groups in total. The molecule has 11 nitrogen and oxygen atoms in total. The molecule has 1 aliphatic heterocycles. The largest absolute Gasteiger partial charge is 0.497 e. The first-order valence-electron chi connectivity index (χ1n) is 12.6. The Labute approximate surface area is 230 Å². The van der Waals surface area contributed by atoms with E-state index in [0.717, 1.165) is 30.3 Å². The van der Waals surface area contributed by atoms with Crippen molar-refractivity contribution in [2.75, 3.05) is 46.3 Å². The lowest BCUT2D eigenvalue weighted by Crippen LogP contribution is -2.42. The van der Waals surface area contributed by atoms with Crippen molar-refractivity contribution in [1.29, 1.82) is 0 Å². The number of ether oxygens (including phenoxy) is 3. The Morgan fingerprint density at radius 1 is 1.21 bits per heavy atom. The maximum atomic E-state index is 12.0. The molecule has 1 saturated heterocycles. The van der Waals surface area contributed by atoms with Gasteiger partial charge < -0.3 is 24.4 Å².